The number of ketones is 1. The van der Waals surface area contributed by atoms with Gasteiger partial charge in [0.05, 0.1) is 22.3 Å². The van der Waals surface area contributed by atoms with Crippen LogP contribution in [0.2, 0.25) is 10.0 Å². The largest absolute Gasteiger partial charge is 0.494 e. The number of nitrogens with zero attached hydrogens (tertiary/aromatic N) is 3. The number of hydrogen-bond acceptors (Lipinski definition) is 5. The van der Waals surface area contributed by atoms with E-state index in [4.69, 9.17) is 27.9 Å². The van der Waals surface area contributed by atoms with Crippen molar-refractivity contribution >= 4 is 47.5 Å². The maximum Gasteiger partial charge on any atom is 0.193 e. The van der Waals surface area contributed by atoms with Gasteiger partial charge in [0.25, 0.3) is 0 Å². The Hall–Kier alpha value is -3.12. The maximum absolute atomic E-state index is 13.2. The number of carbonyl (C=O) groups is 1. The van der Waals surface area contributed by atoms with E-state index < -0.39 is 0 Å². The van der Waals surface area contributed by atoms with Crippen molar-refractivity contribution in [1.29, 1.82) is 0 Å². The highest BCUT2D eigenvalue weighted by Gasteiger charge is 2.25. The number of carbonyl (C=O) groups excluding carboxylic acids is 1. The molecule has 0 radical (unpaired) electrons. The van der Waals surface area contributed by atoms with Crippen molar-refractivity contribution in [3.63, 3.8) is 0 Å². The second kappa shape index (κ2) is 12.2. The third-order valence-corrected chi connectivity index (χ3v) is 8.08. The fourth-order valence-electron chi connectivity index (χ4n) is 5.24. The number of rotatable bonds is 9. The minimum absolute atomic E-state index is 0.0479. The molecule has 1 heterocycles. The molecule has 5 rings (SSSR count). The van der Waals surface area contributed by atoms with E-state index in [-0.39, 0.29) is 5.78 Å². The normalized spacial score (nSPS) is 15.4. The monoisotopic (exact) mass is 547 g/mol. The van der Waals surface area contributed by atoms with Gasteiger partial charge in [-0.15, -0.1) is 0 Å². The van der Waals surface area contributed by atoms with Gasteiger partial charge in [0.15, 0.2) is 5.78 Å². The van der Waals surface area contributed by atoms with E-state index in [9.17, 15) is 4.79 Å². The lowest BCUT2D eigenvalue weighted by Gasteiger charge is -2.36. The van der Waals surface area contributed by atoms with E-state index in [1.165, 1.54) is 0 Å². The Bertz CT molecular complexity index is 1360. The Morgan fingerprint density at radius 1 is 0.974 bits per heavy atom. The molecule has 0 unspecified atom stereocenters. The quantitative estimate of drug-likeness (QED) is 0.171. The topological polar surface area (TPSA) is 45.1 Å². The molecule has 1 aliphatic heterocycles. The number of aliphatic imine (C=N–C) groups is 1. The molecule has 1 saturated heterocycles. The van der Waals surface area contributed by atoms with E-state index in [2.05, 4.69) is 21.5 Å². The highest BCUT2D eigenvalue weighted by molar-refractivity contribution is 6.43. The highest BCUT2D eigenvalue weighted by atomic mass is 35.5. The van der Waals surface area contributed by atoms with Gasteiger partial charge in [-0.2, -0.15) is 0 Å². The average Bonchev–Trinajstić information content (AvgIpc) is 2.94. The number of ether oxygens (including phenoxy) is 1. The first kappa shape index (κ1) is 26.5. The van der Waals surface area contributed by atoms with Crippen molar-refractivity contribution in [3.05, 3.63) is 98.7 Å². The molecule has 1 fully saturated rings. The van der Waals surface area contributed by atoms with Crippen LogP contribution in [-0.2, 0) is 6.42 Å². The molecule has 0 aromatic heterocycles. The van der Waals surface area contributed by atoms with Gasteiger partial charge in [-0.3, -0.25) is 14.7 Å². The molecule has 0 amide bonds. The molecule has 1 aliphatic carbocycles. The predicted octanol–water partition coefficient (Wildman–Crippen LogP) is 6.78. The molecular formula is C31H31Cl2N3O2. The fourth-order valence-corrected chi connectivity index (χ4v) is 5.65. The summed E-state index contributed by atoms with van der Waals surface area (Å²) in [7, 11) is 0. The highest BCUT2D eigenvalue weighted by Crippen LogP contribution is 2.34. The van der Waals surface area contributed by atoms with E-state index in [1.807, 2.05) is 60.7 Å². The molecule has 3 aromatic carbocycles. The van der Waals surface area contributed by atoms with E-state index in [1.54, 1.807) is 6.20 Å². The van der Waals surface area contributed by atoms with Crippen LogP contribution in [-0.4, -0.2) is 56.7 Å². The molecule has 0 bridgehead atoms. The summed E-state index contributed by atoms with van der Waals surface area (Å²) in [6, 6.07) is 17.5. The lowest BCUT2D eigenvalue weighted by atomic mass is 9.82. The van der Waals surface area contributed by atoms with Crippen molar-refractivity contribution in [2.75, 3.05) is 44.2 Å². The van der Waals surface area contributed by atoms with Crippen LogP contribution < -0.4 is 9.64 Å². The third kappa shape index (κ3) is 5.80. The standard InChI is InChI=1S/C31H31Cl2N3O2/c1-34-12-11-23-19-24(21-27-26(23)20-22-7-2-3-8-25(22)31(27)37)38-18-5-4-13-35-14-16-36(17-15-35)29-10-6-9-28(32)30(29)33/h2-3,6-12,19,21H,1,4-5,13-18,20H2/b12-11-. The number of halogens is 2. The maximum atomic E-state index is 13.2. The number of fused-ring (bicyclic) bond motifs is 2. The number of unbranched alkanes of at least 4 members (excludes halogenated alkanes) is 1. The molecule has 7 heteroatoms. The van der Waals surface area contributed by atoms with Gasteiger partial charge < -0.3 is 9.64 Å². The van der Waals surface area contributed by atoms with Crippen LogP contribution >= 0.6 is 23.2 Å². The Morgan fingerprint density at radius 2 is 1.79 bits per heavy atom. The Balaban J connectivity index is 1.14. The SMILES string of the molecule is C=N/C=C\c1cc(OCCCCN2CCN(c3cccc(Cl)c3Cl)CC2)cc2c1Cc1ccccc1C2=O. The first-order valence-electron chi connectivity index (χ1n) is 13.0. The molecule has 2 aliphatic rings. The summed E-state index contributed by atoms with van der Waals surface area (Å²) >= 11 is 12.6. The van der Waals surface area contributed by atoms with Gasteiger partial charge in [0.1, 0.15) is 5.75 Å². The summed E-state index contributed by atoms with van der Waals surface area (Å²) in [4.78, 5) is 21.9. The van der Waals surface area contributed by atoms with E-state index >= 15 is 0 Å². The number of benzene rings is 3. The molecule has 3 aromatic rings. The summed E-state index contributed by atoms with van der Waals surface area (Å²) in [5.41, 5.74) is 5.51. The van der Waals surface area contributed by atoms with Gasteiger partial charge in [-0.25, -0.2) is 0 Å². The van der Waals surface area contributed by atoms with Gasteiger partial charge in [0.2, 0.25) is 0 Å². The number of anilines is 1. The second-order valence-corrected chi connectivity index (χ2v) is 10.4. The van der Waals surface area contributed by atoms with Crippen molar-refractivity contribution < 1.29 is 9.53 Å². The van der Waals surface area contributed by atoms with E-state index in [0.29, 0.717) is 34.4 Å². The van der Waals surface area contributed by atoms with Crippen molar-refractivity contribution in [2.45, 2.75) is 19.3 Å². The van der Waals surface area contributed by atoms with E-state index in [0.717, 1.165) is 73.5 Å². The third-order valence-electron chi connectivity index (χ3n) is 7.27. The Labute approximate surface area is 234 Å². The zero-order valence-electron chi connectivity index (χ0n) is 21.3. The van der Waals surface area contributed by atoms with Crippen molar-refractivity contribution in [1.82, 2.24) is 4.90 Å². The first-order valence-corrected chi connectivity index (χ1v) is 13.8. The molecule has 0 atom stereocenters. The van der Waals surface area contributed by atoms with Crippen LogP contribution in [0.5, 0.6) is 5.75 Å². The van der Waals surface area contributed by atoms with Gasteiger partial charge >= 0.3 is 0 Å². The average molecular weight is 549 g/mol. The van der Waals surface area contributed by atoms with Crippen molar-refractivity contribution in [3.8, 4) is 5.75 Å². The summed E-state index contributed by atoms with van der Waals surface area (Å²) < 4.78 is 6.13. The van der Waals surface area contributed by atoms with Crippen LogP contribution in [0.15, 0.2) is 65.8 Å². The minimum Gasteiger partial charge on any atom is -0.494 e. The molecule has 0 spiro atoms. The van der Waals surface area contributed by atoms with Crippen LogP contribution in [0.4, 0.5) is 5.69 Å². The Kier molecular flexibility index (Phi) is 8.48. The van der Waals surface area contributed by atoms with Gasteiger partial charge in [0, 0.05) is 43.5 Å². The smallest absolute Gasteiger partial charge is 0.193 e. The lowest BCUT2D eigenvalue weighted by molar-refractivity contribution is 0.103. The lowest BCUT2D eigenvalue weighted by Crippen LogP contribution is -2.46. The molecule has 0 N–H and O–H groups in total. The van der Waals surface area contributed by atoms with Crippen LogP contribution in [0.25, 0.3) is 6.08 Å². The molecule has 0 saturated carbocycles. The fraction of sp³-hybridized carbons (Fsp3) is 0.290. The van der Waals surface area contributed by atoms with Gasteiger partial charge in [-0.05, 0) is 79.6 Å². The number of hydrogen-bond donors (Lipinski definition) is 0. The molecule has 196 valence electrons. The zero-order valence-corrected chi connectivity index (χ0v) is 22.8. The van der Waals surface area contributed by atoms with Crippen LogP contribution in [0.3, 0.4) is 0 Å². The molecule has 5 nitrogen and oxygen atoms in total. The zero-order chi connectivity index (χ0) is 26.5. The number of piperazine rings is 1. The first-order chi connectivity index (χ1) is 18.5. The summed E-state index contributed by atoms with van der Waals surface area (Å²) in [5.74, 6) is 0.763. The second-order valence-electron chi connectivity index (χ2n) is 9.66. The van der Waals surface area contributed by atoms with Crippen LogP contribution in [0.1, 0.15) is 45.5 Å². The summed E-state index contributed by atoms with van der Waals surface area (Å²) in [6.45, 7) is 9.01. The molecular weight excluding hydrogens is 517 g/mol. The minimum atomic E-state index is 0.0479. The Morgan fingerprint density at radius 3 is 2.61 bits per heavy atom. The predicted molar refractivity (Wildman–Crippen MR) is 158 cm³/mol. The summed E-state index contributed by atoms with van der Waals surface area (Å²) in [6.07, 6.45) is 6.25. The van der Waals surface area contributed by atoms with Crippen molar-refractivity contribution in [2.24, 2.45) is 4.99 Å². The molecule has 38 heavy (non-hydrogen) atoms. The summed E-state index contributed by atoms with van der Waals surface area (Å²) in [5, 5.41) is 1.23. The van der Waals surface area contributed by atoms with Gasteiger partial charge in [-0.1, -0.05) is 53.5 Å². The van der Waals surface area contributed by atoms with Crippen LogP contribution in [0, 0.1) is 0 Å².